The highest BCUT2D eigenvalue weighted by atomic mass is 32.1. The zero-order valence-corrected chi connectivity index (χ0v) is 18.4. The number of aromatic nitrogens is 1. The van der Waals surface area contributed by atoms with Gasteiger partial charge in [0, 0.05) is 17.7 Å². The van der Waals surface area contributed by atoms with Gasteiger partial charge in [0.25, 0.3) is 5.91 Å². The summed E-state index contributed by atoms with van der Waals surface area (Å²) in [7, 11) is 3.07. The molecule has 7 nitrogen and oxygen atoms in total. The van der Waals surface area contributed by atoms with Gasteiger partial charge in [-0.2, -0.15) is 0 Å². The Kier molecular flexibility index (Phi) is 6.36. The minimum absolute atomic E-state index is 0.0545. The topological polar surface area (TPSA) is 89.6 Å². The van der Waals surface area contributed by atoms with Crippen LogP contribution in [0.25, 0.3) is 10.2 Å². The van der Waals surface area contributed by atoms with E-state index in [4.69, 9.17) is 9.47 Å². The number of hydrogen-bond acceptors (Lipinski definition) is 6. The first kappa shape index (κ1) is 21.1. The number of nitrogens with one attached hydrogen (secondary N) is 2. The third-order valence-electron chi connectivity index (χ3n) is 5.50. The van der Waals surface area contributed by atoms with Crippen LogP contribution in [0.4, 0.5) is 10.8 Å². The van der Waals surface area contributed by atoms with Gasteiger partial charge in [0.2, 0.25) is 5.91 Å². The maximum atomic E-state index is 12.7. The molecule has 0 atom stereocenters. The molecule has 1 heterocycles. The minimum atomic E-state index is -0.292. The van der Waals surface area contributed by atoms with Crippen molar-refractivity contribution in [1.29, 1.82) is 0 Å². The highest BCUT2D eigenvalue weighted by Crippen LogP contribution is 2.31. The second-order valence-corrected chi connectivity index (χ2v) is 8.58. The van der Waals surface area contributed by atoms with E-state index in [1.165, 1.54) is 24.9 Å². The molecule has 0 bridgehead atoms. The van der Waals surface area contributed by atoms with E-state index in [1.807, 2.05) is 12.1 Å². The van der Waals surface area contributed by atoms with Crippen LogP contribution in [0.5, 0.6) is 11.5 Å². The molecule has 0 unspecified atom stereocenters. The summed E-state index contributed by atoms with van der Waals surface area (Å²) in [6.45, 7) is 0. The predicted octanol–water partition coefficient (Wildman–Crippen LogP) is 5.08. The maximum Gasteiger partial charge on any atom is 0.259 e. The summed E-state index contributed by atoms with van der Waals surface area (Å²) in [5, 5.41) is 6.44. The monoisotopic (exact) mass is 439 g/mol. The molecule has 162 valence electrons. The summed E-state index contributed by atoms with van der Waals surface area (Å²) in [6, 6.07) is 10.6. The standard InChI is InChI=1S/C23H25N3O4S/c1-29-16-9-10-17(19(13-16)30-2)22(28)24-15-8-11-20-18(12-15)25-23(31-20)26-21(27)14-6-4-3-5-7-14/h8-14H,3-7H2,1-2H3,(H,24,28)(H,25,26,27). The zero-order chi connectivity index (χ0) is 21.8. The molecule has 31 heavy (non-hydrogen) atoms. The first-order valence-electron chi connectivity index (χ1n) is 10.3. The number of hydrogen-bond donors (Lipinski definition) is 2. The van der Waals surface area contributed by atoms with Crippen LogP contribution in [0, 0.1) is 5.92 Å². The molecule has 0 spiro atoms. The van der Waals surface area contributed by atoms with E-state index >= 15 is 0 Å². The van der Waals surface area contributed by atoms with Crippen LogP contribution >= 0.6 is 11.3 Å². The number of ether oxygens (including phenoxy) is 2. The van der Waals surface area contributed by atoms with E-state index in [-0.39, 0.29) is 17.7 Å². The van der Waals surface area contributed by atoms with Gasteiger partial charge in [-0.25, -0.2) is 4.98 Å². The smallest absolute Gasteiger partial charge is 0.259 e. The van der Waals surface area contributed by atoms with Crippen LogP contribution in [0.3, 0.4) is 0 Å². The molecule has 1 aromatic heterocycles. The number of thiazole rings is 1. The minimum Gasteiger partial charge on any atom is -0.497 e. The van der Waals surface area contributed by atoms with Crippen molar-refractivity contribution in [3.63, 3.8) is 0 Å². The van der Waals surface area contributed by atoms with Crippen molar-refractivity contribution in [1.82, 2.24) is 4.98 Å². The van der Waals surface area contributed by atoms with Crippen LogP contribution in [-0.2, 0) is 4.79 Å². The molecule has 4 rings (SSSR count). The highest BCUT2D eigenvalue weighted by Gasteiger charge is 2.22. The molecule has 0 saturated heterocycles. The first-order chi connectivity index (χ1) is 15.1. The number of amides is 2. The fourth-order valence-electron chi connectivity index (χ4n) is 3.82. The molecule has 1 fully saturated rings. The van der Waals surface area contributed by atoms with Gasteiger partial charge in [0.1, 0.15) is 11.5 Å². The number of methoxy groups -OCH3 is 2. The molecule has 2 aromatic carbocycles. The molecular formula is C23H25N3O4S. The van der Waals surface area contributed by atoms with Gasteiger partial charge >= 0.3 is 0 Å². The van der Waals surface area contributed by atoms with E-state index in [1.54, 1.807) is 31.4 Å². The zero-order valence-electron chi connectivity index (χ0n) is 17.6. The third-order valence-corrected chi connectivity index (χ3v) is 6.46. The summed E-state index contributed by atoms with van der Waals surface area (Å²) in [4.78, 5) is 29.8. The van der Waals surface area contributed by atoms with E-state index in [9.17, 15) is 9.59 Å². The summed E-state index contributed by atoms with van der Waals surface area (Å²) < 4.78 is 11.4. The predicted molar refractivity (Wildman–Crippen MR) is 122 cm³/mol. The van der Waals surface area contributed by atoms with Gasteiger partial charge in [-0.15, -0.1) is 0 Å². The van der Waals surface area contributed by atoms with Gasteiger partial charge in [0.15, 0.2) is 5.13 Å². The molecule has 0 radical (unpaired) electrons. The Morgan fingerprint density at radius 1 is 1.00 bits per heavy atom. The number of benzene rings is 2. The fraction of sp³-hybridized carbons (Fsp3) is 0.348. The van der Waals surface area contributed by atoms with Gasteiger partial charge < -0.3 is 20.1 Å². The summed E-state index contributed by atoms with van der Waals surface area (Å²) >= 11 is 1.43. The van der Waals surface area contributed by atoms with Gasteiger partial charge in [-0.05, 0) is 43.2 Å². The molecule has 3 aromatic rings. The molecule has 1 saturated carbocycles. The van der Waals surface area contributed by atoms with E-state index in [0.717, 1.165) is 35.9 Å². The second-order valence-electron chi connectivity index (χ2n) is 7.55. The normalized spacial score (nSPS) is 14.3. The third kappa shape index (κ3) is 4.80. The number of anilines is 2. The Bertz CT molecular complexity index is 1110. The Morgan fingerprint density at radius 2 is 1.81 bits per heavy atom. The largest absolute Gasteiger partial charge is 0.497 e. The van der Waals surface area contributed by atoms with Crippen molar-refractivity contribution >= 4 is 44.2 Å². The average Bonchev–Trinajstić information content (AvgIpc) is 3.20. The van der Waals surface area contributed by atoms with E-state index in [2.05, 4.69) is 15.6 Å². The molecule has 1 aliphatic rings. The molecule has 2 N–H and O–H groups in total. The Labute approximate surface area is 184 Å². The van der Waals surface area contributed by atoms with Crippen LogP contribution in [-0.4, -0.2) is 31.0 Å². The van der Waals surface area contributed by atoms with Crippen molar-refractivity contribution < 1.29 is 19.1 Å². The van der Waals surface area contributed by atoms with Crippen molar-refractivity contribution in [2.45, 2.75) is 32.1 Å². The molecule has 0 aliphatic heterocycles. The summed E-state index contributed by atoms with van der Waals surface area (Å²) in [6.07, 6.45) is 5.32. The fourth-order valence-corrected chi connectivity index (χ4v) is 4.66. The summed E-state index contributed by atoms with van der Waals surface area (Å²) in [5.74, 6) is 0.883. The van der Waals surface area contributed by atoms with E-state index < -0.39 is 0 Å². The lowest BCUT2D eigenvalue weighted by Crippen LogP contribution is -2.24. The second kappa shape index (κ2) is 9.34. The SMILES string of the molecule is COc1ccc(C(=O)Nc2ccc3sc(NC(=O)C4CCCCC4)nc3c2)c(OC)c1. The van der Waals surface area contributed by atoms with Crippen LogP contribution in [0.15, 0.2) is 36.4 Å². The van der Waals surface area contributed by atoms with Crippen LogP contribution in [0.2, 0.25) is 0 Å². The lowest BCUT2D eigenvalue weighted by molar-refractivity contribution is -0.120. The number of carbonyl (C=O) groups is 2. The quantitative estimate of drug-likeness (QED) is 0.559. The lowest BCUT2D eigenvalue weighted by atomic mass is 9.89. The first-order valence-corrected chi connectivity index (χ1v) is 11.1. The number of nitrogens with zero attached hydrogens (tertiary/aromatic N) is 1. The van der Waals surface area contributed by atoms with Crippen LogP contribution in [0.1, 0.15) is 42.5 Å². The van der Waals surface area contributed by atoms with Crippen molar-refractivity contribution in [2.24, 2.45) is 5.92 Å². The van der Waals surface area contributed by atoms with Crippen molar-refractivity contribution in [2.75, 3.05) is 24.9 Å². The summed E-state index contributed by atoms with van der Waals surface area (Å²) in [5.41, 5.74) is 1.75. The van der Waals surface area contributed by atoms with Crippen LogP contribution < -0.4 is 20.1 Å². The van der Waals surface area contributed by atoms with Crippen molar-refractivity contribution in [3.8, 4) is 11.5 Å². The van der Waals surface area contributed by atoms with Gasteiger partial charge in [-0.1, -0.05) is 30.6 Å². The molecule has 8 heteroatoms. The molecule has 1 aliphatic carbocycles. The molecule has 2 amide bonds. The number of carbonyl (C=O) groups excluding carboxylic acids is 2. The maximum absolute atomic E-state index is 12.7. The lowest BCUT2D eigenvalue weighted by Gasteiger charge is -2.19. The van der Waals surface area contributed by atoms with Gasteiger partial charge in [0.05, 0.1) is 30.0 Å². The van der Waals surface area contributed by atoms with Crippen molar-refractivity contribution in [3.05, 3.63) is 42.0 Å². The molecular weight excluding hydrogens is 414 g/mol. The van der Waals surface area contributed by atoms with E-state index in [0.29, 0.717) is 27.9 Å². The average molecular weight is 440 g/mol. The van der Waals surface area contributed by atoms with Gasteiger partial charge in [-0.3, -0.25) is 9.59 Å². The number of rotatable bonds is 6. The Hall–Kier alpha value is -3.13. The Balaban J connectivity index is 1.48. The highest BCUT2D eigenvalue weighted by molar-refractivity contribution is 7.22. The Morgan fingerprint density at radius 3 is 2.55 bits per heavy atom. The number of fused-ring (bicyclic) bond motifs is 1.